The predicted octanol–water partition coefficient (Wildman–Crippen LogP) is 1.16. The Morgan fingerprint density at radius 2 is 1.68 bits per heavy atom. The number of rotatable bonds is 5. The quantitative estimate of drug-likeness (QED) is 0.827. The summed E-state index contributed by atoms with van der Waals surface area (Å²) in [5.41, 5.74) is 0.818. The predicted molar refractivity (Wildman–Crippen MR) is 84.6 cm³/mol. The van der Waals surface area contributed by atoms with Crippen molar-refractivity contribution in [3.05, 3.63) is 23.8 Å². The normalized spacial score (nSPS) is 15.0. The molecule has 1 N–H and O–H groups in total. The van der Waals surface area contributed by atoms with Crippen molar-refractivity contribution in [1.82, 2.24) is 10.2 Å². The number of nitrogens with one attached hydrogen (secondary N) is 1. The Bertz CT molecular complexity index is 526. The fraction of sp³-hybridized carbons (Fsp3) is 0.438. The maximum absolute atomic E-state index is 12.1. The third-order valence-electron chi connectivity index (χ3n) is 3.53. The second-order valence-corrected chi connectivity index (χ2v) is 4.87. The van der Waals surface area contributed by atoms with Crippen LogP contribution in [0.25, 0.3) is 6.08 Å². The molecule has 1 saturated heterocycles. The third kappa shape index (κ3) is 3.71. The summed E-state index contributed by atoms with van der Waals surface area (Å²) >= 11 is 0. The molecule has 1 aromatic rings. The number of hydrogen-bond acceptors (Lipinski definition) is 5. The van der Waals surface area contributed by atoms with Crippen LogP contribution in [0.4, 0.5) is 0 Å². The van der Waals surface area contributed by atoms with Crippen LogP contribution in [0.5, 0.6) is 17.2 Å². The molecule has 120 valence electrons. The van der Waals surface area contributed by atoms with Crippen molar-refractivity contribution in [3.8, 4) is 17.2 Å². The molecule has 0 aliphatic carbocycles. The highest BCUT2D eigenvalue weighted by molar-refractivity contribution is 5.92. The van der Waals surface area contributed by atoms with Crippen molar-refractivity contribution in [2.24, 2.45) is 0 Å². The highest BCUT2D eigenvalue weighted by Gasteiger charge is 2.14. The molecule has 6 heteroatoms. The van der Waals surface area contributed by atoms with Gasteiger partial charge in [0.25, 0.3) is 0 Å². The van der Waals surface area contributed by atoms with Crippen LogP contribution in [0.15, 0.2) is 18.2 Å². The lowest BCUT2D eigenvalue weighted by Crippen LogP contribution is -2.45. The van der Waals surface area contributed by atoms with Crippen LogP contribution in [-0.2, 0) is 4.79 Å². The van der Waals surface area contributed by atoms with Crippen LogP contribution >= 0.6 is 0 Å². The zero-order valence-electron chi connectivity index (χ0n) is 13.2. The van der Waals surface area contributed by atoms with Crippen LogP contribution in [0.1, 0.15) is 5.56 Å². The molecule has 0 saturated carbocycles. The molecule has 2 rings (SSSR count). The Hall–Kier alpha value is -2.21. The molecule has 6 nitrogen and oxygen atoms in total. The fourth-order valence-electron chi connectivity index (χ4n) is 2.36. The van der Waals surface area contributed by atoms with E-state index in [4.69, 9.17) is 14.2 Å². The van der Waals surface area contributed by atoms with Crippen LogP contribution < -0.4 is 19.5 Å². The number of benzene rings is 1. The van der Waals surface area contributed by atoms with Gasteiger partial charge in [0, 0.05) is 32.3 Å². The van der Waals surface area contributed by atoms with E-state index < -0.39 is 0 Å². The molecule has 0 radical (unpaired) electrons. The zero-order valence-corrected chi connectivity index (χ0v) is 13.2. The van der Waals surface area contributed by atoms with Gasteiger partial charge in [0.2, 0.25) is 11.7 Å². The van der Waals surface area contributed by atoms with E-state index in [-0.39, 0.29) is 5.91 Å². The second-order valence-electron chi connectivity index (χ2n) is 4.87. The van der Waals surface area contributed by atoms with Crippen LogP contribution in [0.2, 0.25) is 0 Å². The number of hydrogen-bond donors (Lipinski definition) is 1. The van der Waals surface area contributed by atoms with Crippen molar-refractivity contribution in [1.29, 1.82) is 0 Å². The highest BCUT2D eigenvalue weighted by Crippen LogP contribution is 2.38. The van der Waals surface area contributed by atoms with Gasteiger partial charge in [0.1, 0.15) is 0 Å². The van der Waals surface area contributed by atoms with Crippen molar-refractivity contribution < 1.29 is 19.0 Å². The summed E-state index contributed by atoms with van der Waals surface area (Å²) in [5, 5.41) is 3.22. The number of nitrogens with zero attached hydrogens (tertiary/aromatic N) is 1. The van der Waals surface area contributed by atoms with E-state index in [1.165, 1.54) is 0 Å². The molecule has 22 heavy (non-hydrogen) atoms. The number of carbonyl (C=O) groups excluding carboxylic acids is 1. The molecule has 0 atom stereocenters. The standard InChI is InChI=1S/C16H22N2O4/c1-20-13-10-12(11-14(21-2)16(13)22-3)4-5-15(19)18-8-6-17-7-9-18/h4-5,10-11,17H,6-9H2,1-3H3/b5-4-. The van der Waals surface area contributed by atoms with Gasteiger partial charge >= 0.3 is 0 Å². The van der Waals surface area contributed by atoms with Gasteiger partial charge in [0.05, 0.1) is 21.3 Å². The van der Waals surface area contributed by atoms with Gasteiger partial charge in [-0.15, -0.1) is 0 Å². The van der Waals surface area contributed by atoms with Gasteiger partial charge in [-0.1, -0.05) is 0 Å². The highest BCUT2D eigenvalue weighted by atomic mass is 16.5. The molecule has 0 unspecified atom stereocenters. The van der Waals surface area contributed by atoms with Gasteiger partial charge in [-0.25, -0.2) is 0 Å². The second kappa shape index (κ2) is 7.70. The van der Waals surface area contributed by atoms with Gasteiger partial charge in [-0.2, -0.15) is 0 Å². The first-order chi connectivity index (χ1) is 10.7. The van der Waals surface area contributed by atoms with E-state index in [9.17, 15) is 4.79 Å². The monoisotopic (exact) mass is 306 g/mol. The minimum atomic E-state index is 0.00949. The Morgan fingerprint density at radius 1 is 1.09 bits per heavy atom. The van der Waals surface area contributed by atoms with Crippen LogP contribution in [0, 0.1) is 0 Å². The van der Waals surface area contributed by atoms with Gasteiger partial charge in [0.15, 0.2) is 11.5 Å². The number of ether oxygens (including phenoxy) is 3. The summed E-state index contributed by atoms with van der Waals surface area (Å²) in [6, 6.07) is 3.62. The van der Waals surface area contributed by atoms with Crippen LogP contribution in [-0.4, -0.2) is 58.3 Å². The average Bonchev–Trinajstić information content (AvgIpc) is 2.59. The smallest absolute Gasteiger partial charge is 0.246 e. The Morgan fingerprint density at radius 3 is 2.18 bits per heavy atom. The first-order valence-electron chi connectivity index (χ1n) is 7.17. The lowest BCUT2D eigenvalue weighted by atomic mass is 10.1. The van der Waals surface area contributed by atoms with Gasteiger partial charge < -0.3 is 24.4 Å². The lowest BCUT2D eigenvalue weighted by Gasteiger charge is -2.26. The van der Waals surface area contributed by atoms with E-state index in [0.29, 0.717) is 17.2 Å². The first kappa shape index (κ1) is 16.2. The molecule has 1 aliphatic rings. The number of piperazine rings is 1. The zero-order chi connectivity index (χ0) is 15.9. The molecular weight excluding hydrogens is 284 g/mol. The Labute approximate surface area is 130 Å². The largest absolute Gasteiger partial charge is 0.493 e. The first-order valence-corrected chi connectivity index (χ1v) is 7.17. The van der Waals surface area contributed by atoms with E-state index in [1.807, 2.05) is 17.0 Å². The maximum atomic E-state index is 12.1. The minimum absolute atomic E-state index is 0.00949. The number of methoxy groups -OCH3 is 3. The molecule has 0 bridgehead atoms. The molecule has 1 aliphatic heterocycles. The van der Waals surface area contributed by atoms with Crippen molar-refractivity contribution in [3.63, 3.8) is 0 Å². The summed E-state index contributed by atoms with van der Waals surface area (Å²) in [6.07, 6.45) is 3.33. The van der Waals surface area contributed by atoms with Crippen molar-refractivity contribution >= 4 is 12.0 Å². The summed E-state index contributed by atoms with van der Waals surface area (Å²) in [6.45, 7) is 3.14. The molecule has 1 heterocycles. The molecule has 1 aromatic carbocycles. The summed E-state index contributed by atoms with van der Waals surface area (Å²) < 4.78 is 15.9. The van der Waals surface area contributed by atoms with E-state index in [0.717, 1.165) is 31.7 Å². The van der Waals surface area contributed by atoms with Crippen LogP contribution in [0.3, 0.4) is 0 Å². The topological polar surface area (TPSA) is 60.0 Å². The summed E-state index contributed by atoms with van der Waals surface area (Å²) in [5.74, 6) is 1.68. The van der Waals surface area contributed by atoms with E-state index in [2.05, 4.69) is 5.32 Å². The van der Waals surface area contributed by atoms with Gasteiger partial charge in [-0.05, 0) is 23.8 Å². The van der Waals surface area contributed by atoms with E-state index >= 15 is 0 Å². The third-order valence-corrected chi connectivity index (χ3v) is 3.53. The molecule has 0 aromatic heterocycles. The Balaban J connectivity index is 2.17. The minimum Gasteiger partial charge on any atom is -0.493 e. The fourth-order valence-corrected chi connectivity index (χ4v) is 2.36. The van der Waals surface area contributed by atoms with Crippen molar-refractivity contribution in [2.75, 3.05) is 47.5 Å². The Kier molecular flexibility index (Phi) is 5.66. The maximum Gasteiger partial charge on any atom is 0.246 e. The lowest BCUT2D eigenvalue weighted by molar-refractivity contribution is -0.126. The van der Waals surface area contributed by atoms with E-state index in [1.54, 1.807) is 33.5 Å². The molecule has 1 amide bonds. The molecular formula is C16H22N2O4. The number of amides is 1. The summed E-state index contributed by atoms with van der Waals surface area (Å²) in [4.78, 5) is 14.0. The number of carbonyl (C=O) groups is 1. The molecule has 1 fully saturated rings. The van der Waals surface area contributed by atoms with Crippen molar-refractivity contribution in [2.45, 2.75) is 0 Å². The SMILES string of the molecule is COc1cc(/C=C\C(=O)N2CCNCC2)cc(OC)c1OC. The van der Waals surface area contributed by atoms with Gasteiger partial charge in [-0.3, -0.25) is 4.79 Å². The molecule has 0 spiro atoms. The summed E-state index contributed by atoms with van der Waals surface area (Å²) in [7, 11) is 4.69. The average molecular weight is 306 g/mol.